The molecule has 1 aromatic carbocycles. The zero-order chi connectivity index (χ0) is 16.5. The van der Waals surface area contributed by atoms with Crippen molar-refractivity contribution in [3.05, 3.63) is 41.6 Å². The highest BCUT2D eigenvalue weighted by molar-refractivity contribution is 5.96. The van der Waals surface area contributed by atoms with Crippen molar-refractivity contribution in [2.75, 3.05) is 24.6 Å². The van der Waals surface area contributed by atoms with Crippen LogP contribution in [0, 0.1) is 0 Å². The number of hydrogen-bond donors (Lipinski definition) is 1. The molecule has 0 bridgehead atoms. The predicted molar refractivity (Wildman–Crippen MR) is 87.9 cm³/mol. The first-order valence-corrected chi connectivity index (χ1v) is 7.53. The van der Waals surface area contributed by atoms with Gasteiger partial charge in [-0.3, -0.25) is 4.79 Å². The molecule has 1 N–H and O–H groups in total. The Balaban J connectivity index is 2.72. The monoisotopic (exact) mass is 304 g/mol. The summed E-state index contributed by atoms with van der Waals surface area (Å²) in [6, 6.07) is 7.40. The lowest BCUT2D eigenvalue weighted by molar-refractivity contribution is -0.137. The molecule has 5 nitrogen and oxygen atoms in total. The molecule has 1 rings (SSSR count). The molecule has 0 aliphatic carbocycles. The van der Waals surface area contributed by atoms with E-state index in [0.717, 1.165) is 18.8 Å². The SMILES string of the molecule is CCOC(=O)/C=C(\C)NC(=O)c1ccc(N(CC)CC)cc1. The van der Waals surface area contributed by atoms with Crippen molar-refractivity contribution in [1.82, 2.24) is 5.32 Å². The van der Waals surface area contributed by atoms with E-state index in [1.165, 1.54) is 6.08 Å². The summed E-state index contributed by atoms with van der Waals surface area (Å²) >= 11 is 0. The van der Waals surface area contributed by atoms with E-state index >= 15 is 0 Å². The number of nitrogens with one attached hydrogen (secondary N) is 1. The molecule has 0 spiro atoms. The van der Waals surface area contributed by atoms with Crippen LogP contribution in [0.25, 0.3) is 0 Å². The average Bonchev–Trinajstić information content (AvgIpc) is 2.49. The first-order chi connectivity index (χ1) is 10.5. The normalized spacial score (nSPS) is 11.0. The molecule has 0 heterocycles. The number of anilines is 1. The van der Waals surface area contributed by atoms with Crippen LogP contribution in [0.2, 0.25) is 0 Å². The lowest BCUT2D eigenvalue weighted by atomic mass is 10.1. The second-order valence-electron chi connectivity index (χ2n) is 4.75. The fourth-order valence-corrected chi connectivity index (χ4v) is 2.06. The van der Waals surface area contributed by atoms with E-state index in [1.807, 2.05) is 12.1 Å². The van der Waals surface area contributed by atoms with Gasteiger partial charge in [-0.15, -0.1) is 0 Å². The first-order valence-electron chi connectivity index (χ1n) is 7.53. The van der Waals surface area contributed by atoms with Gasteiger partial charge in [0.15, 0.2) is 0 Å². The zero-order valence-electron chi connectivity index (χ0n) is 13.7. The average molecular weight is 304 g/mol. The molecular formula is C17H24N2O3. The summed E-state index contributed by atoms with van der Waals surface area (Å²) in [6.45, 7) is 9.72. The Kier molecular flexibility index (Phi) is 7.16. The number of allylic oxidation sites excluding steroid dienone is 1. The number of esters is 1. The van der Waals surface area contributed by atoms with Crippen molar-refractivity contribution < 1.29 is 14.3 Å². The lowest BCUT2D eigenvalue weighted by Crippen LogP contribution is -2.23. The molecule has 0 aliphatic rings. The number of nitrogens with zero attached hydrogens (tertiary/aromatic N) is 1. The van der Waals surface area contributed by atoms with Gasteiger partial charge in [-0.05, 0) is 52.0 Å². The van der Waals surface area contributed by atoms with E-state index in [0.29, 0.717) is 17.9 Å². The molecule has 1 aromatic rings. The van der Waals surface area contributed by atoms with Gasteiger partial charge in [0.05, 0.1) is 6.61 Å². The summed E-state index contributed by atoms with van der Waals surface area (Å²) in [6.07, 6.45) is 1.27. The highest BCUT2D eigenvalue weighted by Crippen LogP contribution is 2.15. The van der Waals surface area contributed by atoms with Gasteiger partial charge in [0.25, 0.3) is 5.91 Å². The van der Waals surface area contributed by atoms with Gasteiger partial charge in [0.2, 0.25) is 0 Å². The van der Waals surface area contributed by atoms with E-state index in [-0.39, 0.29) is 5.91 Å². The quantitative estimate of drug-likeness (QED) is 0.621. The molecule has 22 heavy (non-hydrogen) atoms. The minimum Gasteiger partial charge on any atom is -0.463 e. The summed E-state index contributed by atoms with van der Waals surface area (Å²) in [5.41, 5.74) is 2.09. The fourth-order valence-electron chi connectivity index (χ4n) is 2.06. The molecule has 1 amide bonds. The Labute approximate surface area is 132 Å². The van der Waals surface area contributed by atoms with Crippen LogP contribution < -0.4 is 10.2 Å². The maximum Gasteiger partial charge on any atom is 0.332 e. The van der Waals surface area contributed by atoms with Gasteiger partial charge in [-0.2, -0.15) is 0 Å². The van der Waals surface area contributed by atoms with Gasteiger partial charge in [0, 0.05) is 36.1 Å². The van der Waals surface area contributed by atoms with E-state index in [9.17, 15) is 9.59 Å². The van der Waals surface area contributed by atoms with Gasteiger partial charge < -0.3 is 15.0 Å². The maximum atomic E-state index is 12.1. The van der Waals surface area contributed by atoms with E-state index in [2.05, 4.69) is 24.1 Å². The minimum atomic E-state index is -0.461. The molecule has 0 saturated heterocycles. The van der Waals surface area contributed by atoms with Crippen molar-refractivity contribution in [2.24, 2.45) is 0 Å². The van der Waals surface area contributed by atoms with Crippen molar-refractivity contribution in [2.45, 2.75) is 27.7 Å². The third kappa shape index (κ3) is 5.24. The standard InChI is InChI=1S/C17H24N2O3/c1-5-19(6-2)15-10-8-14(9-11-15)17(21)18-13(4)12-16(20)22-7-3/h8-12H,5-7H2,1-4H3,(H,18,21)/b13-12+. The molecule has 0 saturated carbocycles. The number of ether oxygens (including phenoxy) is 1. The van der Waals surface area contributed by atoms with Crippen molar-refractivity contribution in [3.63, 3.8) is 0 Å². The summed E-state index contributed by atoms with van der Waals surface area (Å²) in [4.78, 5) is 25.6. The molecule has 0 aliphatic heterocycles. The van der Waals surface area contributed by atoms with Gasteiger partial charge in [0.1, 0.15) is 0 Å². The Morgan fingerprint density at radius 3 is 2.23 bits per heavy atom. The smallest absolute Gasteiger partial charge is 0.332 e. The van der Waals surface area contributed by atoms with Crippen LogP contribution in [0.3, 0.4) is 0 Å². The topological polar surface area (TPSA) is 58.6 Å². The maximum absolute atomic E-state index is 12.1. The third-order valence-electron chi connectivity index (χ3n) is 3.19. The molecule has 0 atom stereocenters. The van der Waals surface area contributed by atoms with Crippen LogP contribution in [0.1, 0.15) is 38.1 Å². The summed E-state index contributed by atoms with van der Waals surface area (Å²) < 4.78 is 4.79. The van der Waals surface area contributed by atoms with Gasteiger partial charge >= 0.3 is 5.97 Å². The number of carbonyl (C=O) groups excluding carboxylic acids is 2. The molecule has 0 aromatic heterocycles. The van der Waals surface area contributed by atoms with Crippen LogP contribution in [0.15, 0.2) is 36.0 Å². The summed E-state index contributed by atoms with van der Waals surface area (Å²) in [5, 5.41) is 2.67. The van der Waals surface area contributed by atoms with Crippen molar-refractivity contribution in [3.8, 4) is 0 Å². The number of hydrogen-bond acceptors (Lipinski definition) is 4. The van der Waals surface area contributed by atoms with Crippen LogP contribution in [0.4, 0.5) is 5.69 Å². The molecule has 0 fully saturated rings. The van der Waals surface area contributed by atoms with Crippen molar-refractivity contribution in [1.29, 1.82) is 0 Å². The Bertz CT molecular complexity index is 531. The third-order valence-corrected chi connectivity index (χ3v) is 3.19. The van der Waals surface area contributed by atoms with Crippen LogP contribution in [-0.4, -0.2) is 31.6 Å². The van der Waals surface area contributed by atoms with Crippen molar-refractivity contribution >= 4 is 17.6 Å². The zero-order valence-corrected chi connectivity index (χ0v) is 13.7. The molecule has 0 radical (unpaired) electrons. The molecular weight excluding hydrogens is 280 g/mol. The summed E-state index contributed by atoms with van der Waals surface area (Å²) in [7, 11) is 0. The molecule has 0 unspecified atom stereocenters. The molecule has 5 heteroatoms. The number of carbonyl (C=O) groups is 2. The van der Waals surface area contributed by atoms with E-state index in [1.54, 1.807) is 26.0 Å². The lowest BCUT2D eigenvalue weighted by Gasteiger charge is -2.21. The van der Waals surface area contributed by atoms with Gasteiger partial charge in [-0.25, -0.2) is 4.79 Å². The number of benzene rings is 1. The summed E-state index contributed by atoms with van der Waals surface area (Å²) in [5.74, 6) is -0.707. The highest BCUT2D eigenvalue weighted by atomic mass is 16.5. The minimum absolute atomic E-state index is 0.246. The predicted octanol–water partition coefficient (Wildman–Crippen LogP) is 2.73. The second kappa shape index (κ2) is 8.87. The fraction of sp³-hybridized carbons (Fsp3) is 0.412. The van der Waals surface area contributed by atoms with Crippen LogP contribution >= 0.6 is 0 Å². The second-order valence-corrected chi connectivity index (χ2v) is 4.75. The molecule has 120 valence electrons. The van der Waals surface area contributed by atoms with Crippen LogP contribution in [-0.2, 0) is 9.53 Å². The Hall–Kier alpha value is -2.30. The first kappa shape index (κ1) is 17.8. The van der Waals surface area contributed by atoms with Gasteiger partial charge in [-0.1, -0.05) is 0 Å². The number of amides is 1. The largest absolute Gasteiger partial charge is 0.463 e. The van der Waals surface area contributed by atoms with E-state index < -0.39 is 5.97 Å². The highest BCUT2D eigenvalue weighted by Gasteiger charge is 2.08. The Morgan fingerprint density at radius 2 is 1.73 bits per heavy atom. The van der Waals surface area contributed by atoms with E-state index in [4.69, 9.17) is 4.74 Å². The number of rotatable bonds is 7. The van der Waals surface area contributed by atoms with Crippen LogP contribution in [0.5, 0.6) is 0 Å². The Morgan fingerprint density at radius 1 is 1.14 bits per heavy atom.